The van der Waals surface area contributed by atoms with Crippen molar-refractivity contribution in [1.82, 2.24) is 9.55 Å². The predicted octanol–water partition coefficient (Wildman–Crippen LogP) is 2.86. The fraction of sp³-hybridized carbons (Fsp3) is 0.467. The molecule has 0 unspecified atom stereocenters. The molecule has 0 radical (unpaired) electrons. The largest absolute Gasteiger partial charge is 0.478 e. The van der Waals surface area contributed by atoms with Gasteiger partial charge < -0.3 is 14.4 Å². The molecule has 0 aliphatic heterocycles. The summed E-state index contributed by atoms with van der Waals surface area (Å²) in [4.78, 5) is 15.6. The number of nitrogens with zero attached hydrogens (tertiary/aromatic N) is 2. The first-order chi connectivity index (χ1) is 9.65. The average molecular weight is 276 g/mol. The van der Waals surface area contributed by atoms with E-state index < -0.39 is 5.97 Å². The third-order valence-corrected chi connectivity index (χ3v) is 3.22. The van der Waals surface area contributed by atoms with Gasteiger partial charge >= 0.3 is 5.97 Å². The lowest BCUT2D eigenvalue weighted by Crippen LogP contribution is -2.05. The third kappa shape index (κ3) is 2.99. The number of aromatic nitrogens is 2. The molecule has 0 amide bonds. The first-order valence-electron chi connectivity index (χ1n) is 6.92. The third-order valence-electron chi connectivity index (χ3n) is 3.22. The van der Waals surface area contributed by atoms with Crippen molar-refractivity contribution in [2.75, 3.05) is 13.2 Å². The molecule has 2 rings (SSSR count). The van der Waals surface area contributed by atoms with E-state index in [4.69, 9.17) is 4.74 Å². The predicted molar refractivity (Wildman–Crippen MR) is 77.2 cm³/mol. The number of ether oxygens (including phenoxy) is 1. The smallest absolute Gasteiger partial charge is 0.337 e. The van der Waals surface area contributed by atoms with Crippen LogP contribution in [0.5, 0.6) is 0 Å². The lowest BCUT2D eigenvalue weighted by atomic mass is 10.2. The minimum atomic E-state index is -0.938. The lowest BCUT2D eigenvalue weighted by molar-refractivity contribution is 0.0699. The van der Waals surface area contributed by atoms with Crippen molar-refractivity contribution in [3.05, 3.63) is 29.6 Å². The van der Waals surface area contributed by atoms with E-state index in [1.54, 1.807) is 12.1 Å². The molecule has 0 atom stereocenters. The molecular weight excluding hydrogens is 256 g/mol. The zero-order chi connectivity index (χ0) is 14.5. The molecule has 0 bridgehead atoms. The number of fused-ring (bicyclic) bond motifs is 1. The van der Waals surface area contributed by atoms with Crippen LogP contribution in [0.15, 0.2) is 18.2 Å². The van der Waals surface area contributed by atoms with Gasteiger partial charge in [0, 0.05) is 19.8 Å². The number of rotatable bonds is 7. The Morgan fingerprint density at radius 2 is 2.20 bits per heavy atom. The van der Waals surface area contributed by atoms with E-state index in [1.807, 2.05) is 13.0 Å². The number of carbonyl (C=O) groups is 1. The molecule has 1 aromatic carbocycles. The van der Waals surface area contributed by atoms with Crippen LogP contribution in [-0.4, -0.2) is 33.8 Å². The molecule has 5 heteroatoms. The zero-order valence-electron chi connectivity index (χ0n) is 11.9. The fourth-order valence-electron chi connectivity index (χ4n) is 2.29. The number of aryl methyl sites for hydroxylation is 2. The van der Waals surface area contributed by atoms with E-state index in [1.165, 1.54) is 0 Å². The van der Waals surface area contributed by atoms with Gasteiger partial charge in [0.05, 0.1) is 11.1 Å². The zero-order valence-corrected chi connectivity index (χ0v) is 11.9. The second-order valence-corrected chi connectivity index (χ2v) is 4.76. The first kappa shape index (κ1) is 14.5. The molecule has 1 N–H and O–H groups in total. The van der Waals surface area contributed by atoms with E-state index in [-0.39, 0.29) is 5.56 Å². The van der Waals surface area contributed by atoms with Crippen LogP contribution < -0.4 is 0 Å². The van der Waals surface area contributed by atoms with Crippen LogP contribution in [0, 0.1) is 6.92 Å². The van der Waals surface area contributed by atoms with Gasteiger partial charge in [-0.2, -0.15) is 0 Å². The van der Waals surface area contributed by atoms with Crippen LogP contribution in [0.3, 0.4) is 0 Å². The number of para-hydroxylation sites is 1. The molecule has 0 fully saturated rings. The number of hydrogen-bond donors (Lipinski definition) is 1. The van der Waals surface area contributed by atoms with Crippen LogP contribution in [0.1, 0.15) is 35.9 Å². The minimum absolute atomic E-state index is 0.256. The Balaban J connectivity index is 2.19. The average Bonchev–Trinajstić information content (AvgIpc) is 2.74. The molecule has 0 saturated carbocycles. The van der Waals surface area contributed by atoms with E-state index in [0.717, 1.165) is 37.3 Å². The summed E-state index contributed by atoms with van der Waals surface area (Å²) in [6.45, 7) is 6.27. The molecule has 108 valence electrons. The van der Waals surface area contributed by atoms with Crippen LogP contribution in [-0.2, 0) is 11.3 Å². The van der Waals surface area contributed by atoms with Crippen molar-refractivity contribution < 1.29 is 14.6 Å². The number of benzene rings is 1. The fourth-order valence-corrected chi connectivity index (χ4v) is 2.29. The van der Waals surface area contributed by atoms with Crippen molar-refractivity contribution >= 4 is 17.0 Å². The molecule has 0 saturated heterocycles. The van der Waals surface area contributed by atoms with Crippen molar-refractivity contribution in [3.8, 4) is 0 Å². The van der Waals surface area contributed by atoms with Gasteiger partial charge in [-0.15, -0.1) is 0 Å². The minimum Gasteiger partial charge on any atom is -0.478 e. The maximum atomic E-state index is 11.2. The molecule has 5 nitrogen and oxygen atoms in total. The van der Waals surface area contributed by atoms with Crippen LogP contribution in [0.4, 0.5) is 0 Å². The monoisotopic (exact) mass is 276 g/mol. The SMILES string of the molecule is CCCOCCCn1c(C)nc2c(C(=O)O)cccc21. The molecular formula is C15H20N2O3. The summed E-state index contributed by atoms with van der Waals surface area (Å²) < 4.78 is 7.52. The Morgan fingerprint density at radius 1 is 1.40 bits per heavy atom. The molecule has 20 heavy (non-hydrogen) atoms. The van der Waals surface area contributed by atoms with E-state index in [0.29, 0.717) is 12.1 Å². The highest BCUT2D eigenvalue weighted by Gasteiger charge is 2.14. The van der Waals surface area contributed by atoms with Gasteiger partial charge in [-0.1, -0.05) is 13.0 Å². The van der Waals surface area contributed by atoms with Gasteiger partial charge in [0.2, 0.25) is 0 Å². The second kappa shape index (κ2) is 6.52. The number of hydrogen-bond acceptors (Lipinski definition) is 3. The van der Waals surface area contributed by atoms with Gasteiger partial charge in [-0.25, -0.2) is 9.78 Å². The summed E-state index contributed by atoms with van der Waals surface area (Å²) in [5, 5.41) is 9.19. The quantitative estimate of drug-likeness (QED) is 0.790. The van der Waals surface area contributed by atoms with E-state index >= 15 is 0 Å². The molecule has 0 spiro atoms. The lowest BCUT2D eigenvalue weighted by Gasteiger charge is -2.07. The maximum absolute atomic E-state index is 11.2. The first-order valence-corrected chi connectivity index (χ1v) is 6.92. The summed E-state index contributed by atoms with van der Waals surface area (Å²) in [5.41, 5.74) is 1.69. The number of aromatic carboxylic acids is 1. The van der Waals surface area contributed by atoms with E-state index in [9.17, 15) is 9.90 Å². The summed E-state index contributed by atoms with van der Waals surface area (Å²) in [5.74, 6) is -0.101. The molecule has 0 aliphatic carbocycles. The summed E-state index contributed by atoms with van der Waals surface area (Å²) in [7, 11) is 0. The number of carboxylic acids is 1. The summed E-state index contributed by atoms with van der Waals surface area (Å²) >= 11 is 0. The topological polar surface area (TPSA) is 64.4 Å². The van der Waals surface area contributed by atoms with Crippen LogP contribution in [0.25, 0.3) is 11.0 Å². The highest BCUT2D eigenvalue weighted by Crippen LogP contribution is 2.20. The van der Waals surface area contributed by atoms with Crippen molar-refractivity contribution in [2.24, 2.45) is 0 Å². The normalized spacial score (nSPS) is 11.1. The highest BCUT2D eigenvalue weighted by atomic mass is 16.5. The standard InChI is InChI=1S/C15H20N2O3/c1-3-9-20-10-5-8-17-11(2)16-14-12(15(18)19)6-4-7-13(14)17/h4,6-7H,3,5,8-10H2,1-2H3,(H,18,19). The summed E-state index contributed by atoms with van der Waals surface area (Å²) in [6.07, 6.45) is 1.92. The molecule has 1 heterocycles. The maximum Gasteiger partial charge on any atom is 0.337 e. The van der Waals surface area contributed by atoms with Gasteiger partial charge in [0.15, 0.2) is 0 Å². The number of carboxylic acid groups (broad SMARTS) is 1. The van der Waals surface area contributed by atoms with Gasteiger partial charge in [0.25, 0.3) is 0 Å². The van der Waals surface area contributed by atoms with Crippen LogP contribution >= 0.6 is 0 Å². The Hall–Kier alpha value is -1.88. The van der Waals surface area contributed by atoms with Crippen molar-refractivity contribution in [1.29, 1.82) is 0 Å². The van der Waals surface area contributed by atoms with Gasteiger partial charge in [-0.3, -0.25) is 0 Å². The Bertz CT molecular complexity index is 604. The highest BCUT2D eigenvalue weighted by molar-refractivity contribution is 6.01. The molecule has 1 aromatic heterocycles. The summed E-state index contributed by atoms with van der Waals surface area (Å²) in [6, 6.07) is 5.26. The number of imidazole rings is 1. The van der Waals surface area contributed by atoms with Crippen molar-refractivity contribution in [2.45, 2.75) is 33.2 Å². The van der Waals surface area contributed by atoms with Gasteiger partial charge in [-0.05, 0) is 31.9 Å². The van der Waals surface area contributed by atoms with E-state index in [2.05, 4.69) is 16.5 Å². The van der Waals surface area contributed by atoms with Crippen LogP contribution in [0.2, 0.25) is 0 Å². The van der Waals surface area contributed by atoms with Crippen molar-refractivity contribution in [3.63, 3.8) is 0 Å². The molecule has 2 aromatic rings. The Morgan fingerprint density at radius 3 is 2.90 bits per heavy atom. The van der Waals surface area contributed by atoms with Gasteiger partial charge in [0.1, 0.15) is 11.3 Å². The molecule has 0 aliphatic rings. The Kier molecular flexibility index (Phi) is 4.74. The Labute approximate surface area is 118 Å². The second-order valence-electron chi connectivity index (χ2n) is 4.76.